The van der Waals surface area contributed by atoms with E-state index in [1.807, 2.05) is 43.3 Å². The topological polar surface area (TPSA) is 76.4 Å². The molecule has 0 spiro atoms. The van der Waals surface area contributed by atoms with Gasteiger partial charge < -0.3 is 19.2 Å². The summed E-state index contributed by atoms with van der Waals surface area (Å²) in [5.41, 5.74) is 4.72. The summed E-state index contributed by atoms with van der Waals surface area (Å²) in [5, 5.41) is 12.5. The molecule has 0 saturated carbocycles. The van der Waals surface area contributed by atoms with Crippen molar-refractivity contribution in [1.82, 2.24) is 4.90 Å². The molecule has 3 aromatic rings. The number of piperazine rings is 3. The van der Waals surface area contributed by atoms with Crippen LogP contribution in [0, 0.1) is 5.41 Å². The summed E-state index contributed by atoms with van der Waals surface area (Å²) >= 11 is 0. The molecule has 0 aromatic heterocycles. The molecule has 3 N–H and O–H groups in total. The summed E-state index contributed by atoms with van der Waals surface area (Å²) < 4.78 is 31.1. The van der Waals surface area contributed by atoms with Crippen LogP contribution in [0.4, 0.5) is 5.69 Å². The maximum atomic E-state index is 12.5. The molecule has 8 heteroatoms. The van der Waals surface area contributed by atoms with Crippen LogP contribution in [0.1, 0.15) is 80.5 Å². The number of aliphatic hydroxyl groups is 1. The molecule has 48 heavy (non-hydrogen) atoms. The Bertz CT molecular complexity index is 1480. The van der Waals surface area contributed by atoms with Crippen molar-refractivity contribution in [2.75, 3.05) is 64.0 Å². The molecule has 0 aliphatic carbocycles. The average molecular weight is 677 g/mol. The minimum atomic E-state index is -3.13. The number of nitrogens with zero attached hydrogens (tertiary/aromatic N) is 3. The third kappa shape index (κ3) is 7.44. The van der Waals surface area contributed by atoms with Crippen molar-refractivity contribution in [3.63, 3.8) is 0 Å². The fraction of sp³-hybridized carbons (Fsp3) is 0.550. The quantitative estimate of drug-likeness (QED) is 0.160. The molecule has 3 saturated heterocycles. The normalized spacial score (nSPS) is 26.4. The van der Waals surface area contributed by atoms with Crippen molar-refractivity contribution >= 4 is 16.3 Å². The number of fused-ring (bicyclic) bond motifs is 4. The van der Waals surface area contributed by atoms with Crippen LogP contribution in [-0.2, 0) is 13.2 Å². The van der Waals surface area contributed by atoms with Gasteiger partial charge >= 0.3 is 0 Å². The maximum Gasteiger partial charge on any atom is 0.119 e. The van der Waals surface area contributed by atoms with Crippen molar-refractivity contribution in [3.05, 3.63) is 89.0 Å². The summed E-state index contributed by atoms with van der Waals surface area (Å²) in [6.07, 6.45) is 4.65. The number of rotatable bonds is 13. The van der Waals surface area contributed by atoms with Gasteiger partial charge in [-0.1, -0.05) is 75.9 Å². The Morgan fingerprint density at radius 1 is 0.854 bits per heavy atom. The van der Waals surface area contributed by atoms with E-state index in [1.165, 1.54) is 49.3 Å². The van der Waals surface area contributed by atoms with Crippen LogP contribution in [0.15, 0.2) is 71.6 Å². The fourth-order valence-electron chi connectivity index (χ4n) is 8.46. The lowest BCUT2D eigenvalue weighted by atomic mass is 9.68. The Kier molecular flexibility index (Phi) is 10.8. The SMILES string of the molecule is CCCCC1(CCCC)CS(O)(O)c2ccc(N(C)C)cc2[C@@H](c2ccc(OCc3ccc(C[N+]45CCN(CC4)CC5)cc3)cc2)[C@H]1O. The zero-order valence-electron chi connectivity index (χ0n) is 29.6. The smallest absolute Gasteiger partial charge is 0.119 e. The number of benzene rings is 3. The zero-order chi connectivity index (χ0) is 33.9. The van der Waals surface area contributed by atoms with Crippen molar-refractivity contribution in [2.24, 2.45) is 5.41 Å². The van der Waals surface area contributed by atoms with Crippen molar-refractivity contribution in [3.8, 4) is 5.75 Å². The number of anilines is 1. The third-order valence-electron chi connectivity index (χ3n) is 11.5. The standard InChI is InChI=1S/C40H57N3O4S/c1-5-7-19-40(20-8-6-2)30-48(45,46)37-18-15-34(41(3)4)27-36(37)38(39(40)44)33-13-16-35(17-14-33)47-29-32-11-9-31(10-12-32)28-43-24-21-42(22-25-43)23-26-43/h9-18,27,38-39,44H,5-8,19-26,28-30H2,1-4H3,(H-,45,46)/p+1/t38-,39-/m1/s1. The molecule has 0 radical (unpaired) electrons. The van der Waals surface area contributed by atoms with E-state index < -0.39 is 28.0 Å². The van der Waals surface area contributed by atoms with Gasteiger partial charge in [-0.2, -0.15) is 10.6 Å². The van der Waals surface area contributed by atoms with Gasteiger partial charge in [-0.05, 0) is 59.9 Å². The average Bonchev–Trinajstić information content (AvgIpc) is 3.17. The number of aliphatic hydroxyl groups excluding tert-OH is 1. The summed E-state index contributed by atoms with van der Waals surface area (Å²) in [6.45, 7) is 13.4. The van der Waals surface area contributed by atoms with Crippen LogP contribution in [0.3, 0.4) is 0 Å². The number of hydrogen-bond acceptors (Lipinski definition) is 6. The molecule has 4 aliphatic rings. The van der Waals surface area contributed by atoms with E-state index in [9.17, 15) is 14.2 Å². The number of hydrogen-bond donors (Lipinski definition) is 3. The van der Waals surface area contributed by atoms with Crippen LogP contribution < -0.4 is 9.64 Å². The van der Waals surface area contributed by atoms with E-state index in [2.05, 4.69) is 61.2 Å². The highest BCUT2D eigenvalue weighted by Crippen LogP contribution is 2.62. The predicted octanol–water partition coefficient (Wildman–Crippen LogP) is 7.96. The van der Waals surface area contributed by atoms with Crippen LogP contribution in [0.2, 0.25) is 0 Å². The molecule has 3 fully saturated rings. The number of ether oxygens (including phenoxy) is 1. The van der Waals surface area contributed by atoms with E-state index in [1.54, 1.807) is 0 Å². The molecule has 2 bridgehead atoms. The van der Waals surface area contributed by atoms with Gasteiger partial charge in [0, 0.05) is 56.3 Å². The highest BCUT2D eigenvalue weighted by Gasteiger charge is 2.49. The molecule has 0 unspecified atom stereocenters. The summed E-state index contributed by atoms with van der Waals surface area (Å²) in [4.78, 5) is 5.20. The summed E-state index contributed by atoms with van der Waals surface area (Å²) in [7, 11) is 0.853. The Balaban J connectivity index is 1.23. The minimum absolute atomic E-state index is 0.199. The minimum Gasteiger partial charge on any atom is -0.489 e. The van der Waals surface area contributed by atoms with E-state index in [-0.39, 0.29) is 5.75 Å². The van der Waals surface area contributed by atoms with Crippen molar-refractivity contribution < 1.29 is 23.4 Å². The highest BCUT2D eigenvalue weighted by atomic mass is 32.3. The van der Waals surface area contributed by atoms with Crippen molar-refractivity contribution in [1.29, 1.82) is 0 Å². The first-order chi connectivity index (χ1) is 23.1. The van der Waals surface area contributed by atoms with Crippen molar-refractivity contribution in [2.45, 2.75) is 82.4 Å². The van der Waals surface area contributed by atoms with Gasteiger partial charge in [0.05, 0.1) is 36.4 Å². The maximum absolute atomic E-state index is 12.5. The van der Waals surface area contributed by atoms with Gasteiger partial charge in [0.25, 0.3) is 0 Å². The molecule has 4 heterocycles. The Labute approximate surface area is 290 Å². The zero-order valence-corrected chi connectivity index (χ0v) is 30.4. The highest BCUT2D eigenvalue weighted by molar-refractivity contribution is 8.24. The van der Waals surface area contributed by atoms with Crippen LogP contribution >= 0.6 is 10.6 Å². The molecule has 3 aromatic carbocycles. The summed E-state index contributed by atoms with van der Waals surface area (Å²) in [5.74, 6) is 0.591. The Hall–Kier alpha value is -2.59. The fourth-order valence-corrected chi connectivity index (χ4v) is 10.7. The van der Waals surface area contributed by atoms with E-state index in [4.69, 9.17) is 4.74 Å². The lowest BCUT2D eigenvalue weighted by molar-refractivity contribution is -0.953. The molecule has 0 amide bonds. The Morgan fingerprint density at radius 3 is 2.04 bits per heavy atom. The Morgan fingerprint density at radius 2 is 1.46 bits per heavy atom. The van der Waals surface area contributed by atoms with E-state index >= 15 is 0 Å². The molecule has 7 rings (SSSR count). The lowest BCUT2D eigenvalue weighted by Crippen LogP contribution is -2.66. The third-order valence-corrected chi connectivity index (χ3v) is 13.6. The second-order valence-electron chi connectivity index (χ2n) is 15.1. The molecular formula is C40H58N3O4S+. The largest absolute Gasteiger partial charge is 0.489 e. The van der Waals surface area contributed by atoms with Crippen LogP contribution in [0.25, 0.3) is 0 Å². The first kappa shape index (κ1) is 35.2. The van der Waals surface area contributed by atoms with Crippen LogP contribution in [0.5, 0.6) is 5.75 Å². The van der Waals surface area contributed by atoms with Gasteiger partial charge in [-0.15, -0.1) is 0 Å². The van der Waals surface area contributed by atoms with E-state index in [0.717, 1.165) is 73.2 Å². The first-order valence-electron chi connectivity index (χ1n) is 18.2. The number of quaternary nitrogens is 1. The monoisotopic (exact) mass is 676 g/mol. The molecule has 262 valence electrons. The molecule has 7 nitrogen and oxygen atoms in total. The van der Waals surface area contributed by atoms with Gasteiger partial charge in [-0.25, -0.2) is 0 Å². The van der Waals surface area contributed by atoms with Gasteiger partial charge in [0.1, 0.15) is 18.9 Å². The van der Waals surface area contributed by atoms with E-state index in [0.29, 0.717) is 11.5 Å². The lowest BCUT2D eigenvalue weighted by Gasteiger charge is -2.50. The second-order valence-corrected chi connectivity index (χ2v) is 17.2. The number of unbranched alkanes of at least 4 members (excludes halogenated alkanes) is 2. The summed E-state index contributed by atoms with van der Waals surface area (Å²) in [6, 6.07) is 23.0. The molecular weight excluding hydrogens is 619 g/mol. The molecule has 4 aliphatic heterocycles. The van der Waals surface area contributed by atoms with Gasteiger partial charge in [-0.3, -0.25) is 14.0 Å². The predicted molar refractivity (Wildman–Crippen MR) is 198 cm³/mol. The van der Waals surface area contributed by atoms with Gasteiger partial charge in [0.15, 0.2) is 0 Å². The van der Waals surface area contributed by atoms with Crippen LogP contribution in [-0.4, -0.2) is 88.8 Å². The second kappa shape index (κ2) is 14.7. The molecule has 2 atom stereocenters. The van der Waals surface area contributed by atoms with Gasteiger partial charge in [0.2, 0.25) is 0 Å². The first-order valence-corrected chi connectivity index (χ1v) is 19.9.